The Bertz CT molecular complexity index is 938. The van der Waals surface area contributed by atoms with Crippen LogP contribution in [-0.2, 0) is 17.7 Å². The molecule has 3 heterocycles. The topological polar surface area (TPSA) is 76.6 Å². The van der Waals surface area contributed by atoms with Crippen LogP contribution in [0.4, 0.5) is 0 Å². The highest BCUT2D eigenvalue weighted by Crippen LogP contribution is 2.23. The van der Waals surface area contributed by atoms with Gasteiger partial charge in [-0.1, -0.05) is 24.3 Å². The first-order valence-electron chi connectivity index (χ1n) is 11.4. The van der Waals surface area contributed by atoms with E-state index in [1.54, 1.807) is 13.3 Å². The Morgan fingerprint density at radius 2 is 2.12 bits per heavy atom. The van der Waals surface area contributed by atoms with Gasteiger partial charge < -0.3 is 14.8 Å². The molecule has 1 amide bonds. The number of para-hydroxylation sites is 1. The van der Waals surface area contributed by atoms with Gasteiger partial charge in [0.05, 0.1) is 31.6 Å². The lowest BCUT2D eigenvalue weighted by Crippen LogP contribution is -2.36. The van der Waals surface area contributed by atoms with Crippen molar-refractivity contribution in [2.75, 3.05) is 40.0 Å². The summed E-state index contributed by atoms with van der Waals surface area (Å²) in [5.74, 6) is 1.14. The average Bonchev–Trinajstić information content (AvgIpc) is 2.85. The molecule has 2 aliphatic heterocycles. The van der Waals surface area contributed by atoms with E-state index in [1.165, 1.54) is 11.9 Å². The summed E-state index contributed by atoms with van der Waals surface area (Å²) >= 11 is 0. The van der Waals surface area contributed by atoms with Gasteiger partial charge in [0.15, 0.2) is 0 Å². The zero-order valence-corrected chi connectivity index (χ0v) is 18.8. The molecule has 1 aromatic carbocycles. The minimum Gasteiger partial charge on any atom is -0.496 e. The molecule has 0 saturated carbocycles. The van der Waals surface area contributed by atoms with E-state index in [2.05, 4.69) is 26.3 Å². The van der Waals surface area contributed by atoms with Crippen LogP contribution in [-0.4, -0.2) is 60.7 Å². The Kier molecular flexibility index (Phi) is 7.85. The number of hydrogen-bond acceptors (Lipinski definition) is 6. The lowest BCUT2D eigenvalue weighted by Gasteiger charge is -2.33. The van der Waals surface area contributed by atoms with Crippen LogP contribution in [0.1, 0.15) is 40.9 Å². The molecule has 0 bridgehead atoms. The number of carbonyl (C=O) groups is 1. The van der Waals surface area contributed by atoms with Crippen LogP contribution < -0.4 is 10.1 Å². The van der Waals surface area contributed by atoms with Crippen molar-refractivity contribution in [3.05, 3.63) is 65.3 Å². The number of ether oxygens (including phenoxy) is 2. The lowest BCUT2D eigenvalue weighted by atomic mass is 9.90. The van der Waals surface area contributed by atoms with Crippen molar-refractivity contribution in [3.8, 4) is 5.75 Å². The molecule has 0 atom stereocenters. The van der Waals surface area contributed by atoms with Gasteiger partial charge in [0.2, 0.25) is 0 Å². The van der Waals surface area contributed by atoms with Crippen LogP contribution in [0.25, 0.3) is 0 Å². The minimum absolute atomic E-state index is 0.145. The van der Waals surface area contributed by atoms with Crippen LogP contribution in [0.5, 0.6) is 5.75 Å². The largest absolute Gasteiger partial charge is 0.496 e. The van der Waals surface area contributed by atoms with E-state index >= 15 is 0 Å². The van der Waals surface area contributed by atoms with Gasteiger partial charge in [-0.2, -0.15) is 0 Å². The number of benzene rings is 1. The lowest BCUT2D eigenvalue weighted by molar-refractivity contribution is 0.0948. The molecule has 32 heavy (non-hydrogen) atoms. The summed E-state index contributed by atoms with van der Waals surface area (Å²) in [4.78, 5) is 24.0. The Balaban J connectivity index is 1.31. The number of nitrogens with zero attached hydrogens (tertiary/aromatic N) is 3. The van der Waals surface area contributed by atoms with E-state index in [-0.39, 0.29) is 5.91 Å². The second kappa shape index (κ2) is 11.2. The van der Waals surface area contributed by atoms with Gasteiger partial charge in [-0.15, -0.1) is 0 Å². The van der Waals surface area contributed by atoms with Crippen LogP contribution in [0.15, 0.2) is 48.4 Å². The van der Waals surface area contributed by atoms with E-state index in [0.717, 1.165) is 75.5 Å². The molecule has 0 radical (unpaired) electrons. The maximum absolute atomic E-state index is 12.9. The number of nitrogens with one attached hydrogen (secondary N) is 1. The van der Waals surface area contributed by atoms with Crippen LogP contribution >= 0.6 is 0 Å². The third-order valence-corrected chi connectivity index (χ3v) is 6.27. The Labute approximate surface area is 189 Å². The fourth-order valence-corrected chi connectivity index (χ4v) is 4.46. The van der Waals surface area contributed by atoms with Gasteiger partial charge in [0.25, 0.3) is 5.91 Å². The Morgan fingerprint density at radius 3 is 2.91 bits per heavy atom. The van der Waals surface area contributed by atoms with E-state index in [1.807, 2.05) is 24.3 Å². The van der Waals surface area contributed by atoms with Crippen molar-refractivity contribution < 1.29 is 14.3 Å². The highest BCUT2D eigenvalue weighted by molar-refractivity contribution is 5.94. The summed E-state index contributed by atoms with van der Waals surface area (Å²) in [5, 5.41) is 2.99. The zero-order chi connectivity index (χ0) is 22.2. The number of carbonyl (C=O) groups excluding carboxylic acids is 1. The normalized spacial score (nSPS) is 17.6. The third kappa shape index (κ3) is 5.93. The van der Waals surface area contributed by atoms with Crippen LogP contribution in [0.2, 0.25) is 0 Å². The molecule has 0 unspecified atom stereocenters. The number of likely N-dealkylation sites (tertiary alicyclic amines) is 1. The monoisotopic (exact) mass is 436 g/mol. The van der Waals surface area contributed by atoms with Gasteiger partial charge in [0, 0.05) is 24.8 Å². The molecule has 1 aromatic heterocycles. The second-order valence-corrected chi connectivity index (χ2v) is 8.50. The van der Waals surface area contributed by atoms with E-state index < -0.39 is 0 Å². The highest BCUT2D eigenvalue weighted by Gasteiger charge is 2.23. The summed E-state index contributed by atoms with van der Waals surface area (Å²) in [6, 6.07) is 7.69. The maximum atomic E-state index is 12.9. The Hall–Kier alpha value is -2.77. The summed E-state index contributed by atoms with van der Waals surface area (Å²) in [6.45, 7) is 5.17. The van der Waals surface area contributed by atoms with Crippen molar-refractivity contribution in [1.29, 1.82) is 0 Å². The first-order chi connectivity index (χ1) is 15.7. The molecule has 1 fully saturated rings. The molecule has 1 N–H and O–H groups in total. The standard InChI is InChI=1S/C25H32N4O3/c1-31-24-7-3-2-6-21(24)14-27-25(30)22-15-26-18-28-23(22)13-19-8-10-29(11-9-19)16-20-5-4-12-32-17-20/h2-3,5-7,15,18-19H,4,8-14,16-17H2,1H3,(H,27,30). The van der Waals surface area contributed by atoms with Gasteiger partial charge in [-0.3, -0.25) is 9.69 Å². The predicted molar refractivity (Wildman–Crippen MR) is 123 cm³/mol. The van der Waals surface area contributed by atoms with Gasteiger partial charge in [-0.25, -0.2) is 9.97 Å². The van der Waals surface area contributed by atoms with E-state index in [9.17, 15) is 4.79 Å². The third-order valence-electron chi connectivity index (χ3n) is 6.27. The number of amides is 1. The molecule has 2 aromatic rings. The first kappa shape index (κ1) is 22.4. The Morgan fingerprint density at radius 1 is 1.28 bits per heavy atom. The molecule has 7 nitrogen and oxygen atoms in total. The van der Waals surface area contributed by atoms with Gasteiger partial charge in [-0.05, 0) is 56.3 Å². The number of aromatic nitrogens is 2. The van der Waals surface area contributed by atoms with Gasteiger partial charge in [0.1, 0.15) is 12.1 Å². The van der Waals surface area contributed by atoms with E-state index in [0.29, 0.717) is 18.0 Å². The SMILES string of the molecule is COc1ccccc1CNC(=O)c1cncnc1CC1CCN(CC2=CCCOC2)CC1. The number of rotatable bonds is 8. The zero-order valence-electron chi connectivity index (χ0n) is 18.8. The molecule has 2 aliphatic rings. The average molecular weight is 437 g/mol. The van der Waals surface area contributed by atoms with Gasteiger partial charge >= 0.3 is 0 Å². The summed E-state index contributed by atoms with van der Waals surface area (Å²) in [5.41, 5.74) is 3.74. The summed E-state index contributed by atoms with van der Waals surface area (Å²) < 4.78 is 10.9. The first-order valence-corrected chi connectivity index (χ1v) is 11.4. The quantitative estimate of drug-likeness (QED) is 0.641. The summed E-state index contributed by atoms with van der Waals surface area (Å²) in [7, 11) is 1.63. The smallest absolute Gasteiger partial charge is 0.254 e. The number of piperidine rings is 1. The molecule has 0 aliphatic carbocycles. The number of hydrogen-bond donors (Lipinski definition) is 1. The van der Waals surface area contributed by atoms with Crippen LogP contribution in [0, 0.1) is 5.92 Å². The van der Waals surface area contributed by atoms with E-state index in [4.69, 9.17) is 9.47 Å². The van der Waals surface area contributed by atoms with Crippen LogP contribution in [0.3, 0.4) is 0 Å². The molecular weight excluding hydrogens is 404 g/mol. The summed E-state index contributed by atoms with van der Waals surface area (Å²) in [6.07, 6.45) is 9.55. The molecular formula is C25H32N4O3. The molecule has 7 heteroatoms. The molecule has 0 spiro atoms. The minimum atomic E-state index is -0.145. The fraction of sp³-hybridized carbons (Fsp3) is 0.480. The fourth-order valence-electron chi connectivity index (χ4n) is 4.46. The highest BCUT2D eigenvalue weighted by atomic mass is 16.5. The van der Waals surface area contributed by atoms with Crippen molar-refractivity contribution in [2.24, 2.45) is 5.92 Å². The molecule has 170 valence electrons. The van der Waals surface area contributed by atoms with Crippen molar-refractivity contribution in [1.82, 2.24) is 20.2 Å². The predicted octanol–water partition coefficient (Wildman–Crippen LogP) is 3.02. The second-order valence-electron chi connectivity index (χ2n) is 8.50. The van der Waals surface area contributed by atoms with Crippen molar-refractivity contribution in [2.45, 2.75) is 32.2 Å². The molecule has 4 rings (SSSR count). The van der Waals surface area contributed by atoms with Crippen molar-refractivity contribution in [3.63, 3.8) is 0 Å². The number of methoxy groups -OCH3 is 1. The van der Waals surface area contributed by atoms with Crippen molar-refractivity contribution >= 4 is 5.91 Å². The maximum Gasteiger partial charge on any atom is 0.254 e. The molecule has 1 saturated heterocycles.